The smallest absolute Gasteiger partial charge is 0.271 e. The van der Waals surface area contributed by atoms with Gasteiger partial charge in [-0.25, -0.2) is 53.6 Å². The zero-order valence-corrected chi connectivity index (χ0v) is 79.4. The van der Waals surface area contributed by atoms with Crippen molar-refractivity contribution in [3.05, 3.63) is 94.3 Å². The van der Waals surface area contributed by atoms with Crippen molar-refractivity contribution in [2.75, 3.05) is 65.9 Å². The summed E-state index contributed by atoms with van der Waals surface area (Å²) in [7, 11) is 0. The van der Waals surface area contributed by atoms with E-state index in [1.54, 1.807) is 32.0 Å². The van der Waals surface area contributed by atoms with Crippen LogP contribution >= 0.6 is 11.6 Å². The number of rotatable bonds is 20. The molecule has 131 heavy (non-hydrogen) atoms. The van der Waals surface area contributed by atoms with Crippen molar-refractivity contribution in [3.8, 4) is 0 Å². The largest absolute Gasteiger partial charge is 0.369 e. The lowest BCUT2D eigenvalue weighted by atomic mass is 9.93. The zero-order valence-electron chi connectivity index (χ0n) is 78.7. The number of imidazole rings is 5. The first-order chi connectivity index (χ1) is 62.1. The highest BCUT2D eigenvalue weighted by Gasteiger charge is 2.46. The Hall–Kier alpha value is -10.1. The number of aryl methyl sites for hydroxylation is 3. The number of piperidine rings is 2. The minimum Gasteiger partial charge on any atom is -0.369 e. The summed E-state index contributed by atoms with van der Waals surface area (Å²) >= 11 is 6.07. The number of nitrogens with one attached hydrogen (secondary N) is 5. The highest BCUT2D eigenvalue weighted by atomic mass is 35.5. The molecular weight excluding hydrogens is 1690 g/mol. The fourth-order valence-electron chi connectivity index (χ4n) is 19.6. The third kappa shape index (κ3) is 22.4. The number of amides is 5. The van der Waals surface area contributed by atoms with Crippen LogP contribution in [-0.2, 0) is 38.2 Å². The summed E-state index contributed by atoms with van der Waals surface area (Å²) in [6.45, 7) is 37.9. The molecule has 15 heterocycles. The number of hydrogen-bond donors (Lipinski definition) is 5. The Bertz CT molecular complexity index is 5670. The number of hydrogen-bond acceptors (Lipinski definition) is 20. The molecule has 31 nitrogen and oxygen atoms in total. The zero-order chi connectivity index (χ0) is 92.9. The van der Waals surface area contributed by atoms with Crippen molar-refractivity contribution in [1.29, 1.82) is 0 Å². The van der Waals surface area contributed by atoms with Gasteiger partial charge >= 0.3 is 0 Å². The third-order valence-corrected chi connectivity index (χ3v) is 28.3. The number of carbonyl (C=O) groups excluding carboxylic acids is 5. The van der Waals surface area contributed by atoms with E-state index < -0.39 is 28.1 Å². The number of halogens is 3. The Balaban J connectivity index is 0.000000120. The number of carbonyl (C=O) groups is 5. The van der Waals surface area contributed by atoms with Gasteiger partial charge in [0.1, 0.15) is 44.1 Å². The number of ether oxygens (including phenoxy) is 3. The SMILES string of the molecule is CC1(C)CCC(C)(CC(=O)Nc2nc3ccc(Cl)nc3n2C2CCC2)O1.Cc1ccc2nc(NC(=O)CC3(C)CCC(C)(C)O3)n(C3CCC3)c2n1.Cc1ccc2nc(NC(=O)CN3CCC(C)(F)CC3)n(C3CCC3)c2n1.Cc1ccc2nc(NC(=O)CN3CCC(C)(F)CC3)n(C3CCC3)c2n1.[C-]#[N+]c1ccc2nc(NC(=O)CC3(C)CCC(C)(C)O3)n(C3CCC3)c2n1. The van der Waals surface area contributed by atoms with E-state index in [1.165, 1.54) is 25.7 Å². The Morgan fingerprint density at radius 1 is 0.359 bits per heavy atom. The van der Waals surface area contributed by atoms with Crippen LogP contribution in [0, 0.1) is 27.3 Å². The molecule has 5 saturated carbocycles. The monoisotopic (exact) mass is 1820 g/mol. The predicted molar refractivity (Wildman–Crippen MR) is 503 cm³/mol. The Kier molecular flexibility index (Phi) is 27.1. The highest BCUT2D eigenvalue weighted by Crippen LogP contribution is 2.47. The molecular formula is C97H130ClF2N23O8. The van der Waals surface area contributed by atoms with E-state index in [-0.39, 0.29) is 65.5 Å². The number of nitrogens with zero attached hydrogens (tertiary/aromatic N) is 18. The van der Waals surface area contributed by atoms with E-state index in [2.05, 4.69) is 137 Å². The number of pyridine rings is 5. The fourth-order valence-corrected chi connectivity index (χ4v) is 19.7. The Morgan fingerprint density at radius 2 is 0.611 bits per heavy atom. The predicted octanol–water partition coefficient (Wildman–Crippen LogP) is 19.5. The highest BCUT2D eigenvalue weighted by molar-refractivity contribution is 6.29. The summed E-state index contributed by atoms with van der Waals surface area (Å²) < 4.78 is 56.5. The molecule has 3 unspecified atom stereocenters. The maximum absolute atomic E-state index is 13.9. The van der Waals surface area contributed by atoms with E-state index >= 15 is 0 Å². The van der Waals surface area contributed by atoms with Crippen molar-refractivity contribution in [2.24, 2.45) is 0 Å². The lowest BCUT2D eigenvalue weighted by molar-refractivity contribution is -0.127. The lowest BCUT2D eigenvalue weighted by Gasteiger charge is -2.33. The van der Waals surface area contributed by atoms with Crippen LogP contribution in [0.2, 0.25) is 5.15 Å². The van der Waals surface area contributed by atoms with Gasteiger partial charge < -0.3 is 19.1 Å². The average molecular weight is 1820 g/mol. The van der Waals surface area contributed by atoms with Gasteiger partial charge in [0.2, 0.25) is 59.3 Å². The van der Waals surface area contributed by atoms with Crippen LogP contribution < -0.4 is 26.6 Å². The molecule has 10 fully saturated rings. The normalized spacial score (nSPS) is 23.4. The molecule has 10 aromatic heterocycles. The molecule has 5 N–H and O–H groups in total. The van der Waals surface area contributed by atoms with E-state index in [9.17, 15) is 32.8 Å². The summed E-state index contributed by atoms with van der Waals surface area (Å²) in [5.41, 5.74) is 6.72. The molecule has 20 rings (SSSR count). The maximum Gasteiger partial charge on any atom is 0.271 e. The van der Waals surface area contributed by atoms with Crippen molar-refractivity contribution >= 4 is 133 Å². The van der Waals surface area contributed by atoms with E-state index in [4.69, 9.17) is 32.4 Å². The summed E-state index contributed by atoms with van der Waals surface area (Å²) in [6, 6.07) is 20.4. The summed E-state index contributed by atoms with van der Waals surface area (Å²) in [5, 5.41) is 15.4. The van der Waals surface area contributed by atoms with Gasteiger partial charge in [0.15, 0.2) is 22.6 Å². The standard InChI is InChI=1S/C20H25N5O2.C20H28N4O2.C19H25ClN4O2.2C19H26FN5O/c1-19(2)10-11-20(3,27-19)12-16(26)24-18-22-14-8-9-15(21-4)23-17(14)25(18)13-6-5-7-13;1-13-8-9-15-17(21-13)24(14-6-5-7-14)18(22-15)23-16(25)12-20(4)11-10-19(2,3)26-20;1-18(2)9-10-19(3,26-18)11-15(25)23-17-21-13-7-8-14(20)22-16(13)24(17)12-5-4-6-12;2*1-13-6-7-15-17(21-13)25(14-4-3-5-14)18(22-15)23-16(26)12-24-10-8-19(2,20)9-11-24/h8-9,13H,5-7,10-12H2,1-3H3,(H,22,24,26);8-9,14H,5-7,10-12H2,1-4H3,(H,22,23,25);7-8,12H,4-6,9-11H2,1-3H3,(H,21,23,25);2*6-7,14H,3-5,8-12H2,1-2H3,(H,22,23,26). The van der Waals surface area contributed by atoms with Gasteiger partial charge in [0.25, 0.3) is 11.5 Å². The van der Waals surface area contributed by atoms with E-state index in [0.717, 1.165) is 171 Å². The van der Waals surface area contributed by atoms with Gasteiger partial charge in [0, 0.05) is 73.5 Å². The van der Waals surface area contributed by atoms with E-state index in [1.807, 2.05) is 103 Å². The molecule has 5 saturated heterocycles. The maximum atomic E-state index is 13.9. The van der Waals surface area contributed by atoms with Crippen molar-refractivity contribution in [1.82, 2.24) is 82.5 Å². The molecule has 0 bridgehead atoms. The Morgan fingerprint density at radius 3 is 0.863 bits per heavy atom. The van der Waals surface area contributed by atoms with Crippen LogP contribution in [0.4, 0.5) is 44.3 Å². The van der Waals surface area contributed by atoms with Gasteiger partial charge in [-0.3, -0.25) is 83.2 Å². The van der Waals surface area contributed by atoms with Crippen LogP contribution in [0.15, 0.2) is 60.7 Å². The van der Waals surface area contributed by atoms with Gasteiger partial charge in [-0.15, -0.1) is 0 Å². The first-order valence-corrected chi connectivity index (χ1v) is 47.8. The molecule has 0 aromatic carbocycles. The first kappa shape index (κ1) is 94.1. The van der Waals surface area contributed by atoms with Crippen LogP contribution in [0.25, 0.3) is 60.7 Å². The quantitative estimate of drug-likeness (QED) is 0.0349. The number of anilines is 5. The average Bonchev–Trinajstić information content (AvgIpc) is 1.63. The third-order valence-electron chi connectivity index (χ3n) is 28.1. The van der Waals surface area contributed by atoms with Crippen LogP contribution in [-0.4, -0.2) is 196 Å². The second kappa shape index (κ2) is 37.7. The van der Waals surface area contributed by atoms with E-state index in [0.29, 0.717) is 147 Å². The fraction of sp³-hybridized carbons (Fsp3) is 0.629. The van der Waals surface area contributed by atoms with Gasteiger partial charge in [-0.1, -0.05) is 23.2 Å². The van der Waals surface area contributed by atoms with Crippen LogP contribution in [0.5, 0.6) is 0 Å². The molecule has 5 amide bonds. The summed E-state index contributed by atoms with van der Waals surface area (Å²) in [4.78, 5) is 117. The minimum absolute atomic E-state index is 0.0437. The first-order valence-electron chi connectivity index (χ1n) is 47.4. The number of aromatic nitrogens is 15. The topological polar surface area (TPSA) is 338 Å². The second-order valence-electron chi connectivity index (χ2n) is 41.5. The van der Waals surface area contributed by atoms with Crippen molar-refractivity contribution in [3.63, 3.8) is 0 Å². The molecule has 10 aromatic rings. The van der Waals surface area contributed by atoms with Crippen molar-refractivity contribution < 1.29 is 47.0 Å². The lowest BCUT2D eigenvalue weighted by Crippen LogP contribution is -2.43. The van der Waals surface area contributed by atoms with Crippen LogP contribution in [0.1, 0.15) is 303 Å². The number of alkyl halides is 2. The molecule has 34 heteroatoms. The molecule has 5 aliphatic heterocycles. The number of fused-ring (bicyclic) bond motifs is 5. The number of likely N-dealkylation sites (tertiary alicyclic amines) is 2. The molecule has 0 spiro atoms. The molecule has 5 aliphatic carbocycles. The van der Waals surface area contributed by atoms with Crippen molar-refractivity contribution in [2.45, 2.75) is 352 Å². The molecule has 0 radical (unpaired) electrons. The molecule has 10 aliphatic rings. The van der Waals surface area contributed by atoms with Gasteiger partial charge in [-0.2, -0.15) is 0 Å². The Labute approximate surface area is 769 Å². The van der Waals surface area contributed by atoms with Gasteiger partial charge in [-0.05, 0) is 318 Å². The second-order valence-corrected chi connectivity index (χ2v) is 41.9. The van der Waals surface area contributed by atoms with Gasteiger partial charge in [0.05, 0.1) is 66.0 Å². The molecule has 702 valence electrons. The summed E-state index contributed by atoms with van der Waals surface area (Å²) in [5.74, 6) is 2.80. The summed E-state index contributed by atoms with van der Waals surface area (Å²) in [6.07, 6.45) is 25.1. The minimum atomic E-state index is -1.10. The van der Waals surface area contributed by atoms with Crippen LogP contribution in [0.3, 0.4) is 0 Å². The molecule has 3 atom stereocenters.